The Hall–Kier alpha value is -1.44. The maximum Gasteiger partial charge on any atom is 0.324 e. The van der Waals surface area contributed by atoms with Crippen LogP contribution in [0.25, 0.3) is 0 Å². The Balaban J connectivity index is 2.36. The van der Waals surface area contributed by atoms with E-state index in [0.717, 1.165) is 9.87 Å². The molecular formula is C14H19NO5S. The number of aliphatic hydroxyl groups is 1. The predicted octanol–water partition coefficient (Wildman–Crippen LogP) is 0.682. The fourth-order valence-electron chi connectivity index (χ4n) is 2.41. The van der Waals surface area contributed by atoms with E-state index in [9.17, 15) is 18.3 Å². The first-order chi connectivity index (χ1) is 9.86. The summed E-state index contributed by atoms with van der Waals surface area (Å²) in [5.41, 5.74) is 0.951. The lowest BCUT2D eigenvalue weighted by Crippen LogP contribution is -2.51. The number of carbonyl (C=O) groups is 1. The third-order valence-electron chi connectivity index (χ3n) is 3.63. The van der Waals surface area contributed by atoms with Gasteiger partial charge in [-0.05, 0) is 25.5 Å². The highest BCUT2D eigenvalue weighted by atomic mass is 32.2. The number of methoxy groups -OCH3 is 1. The van der Waals surface area contributed by atoms with Crippen molar-refractivity contribution < 1.29 is 23.1 Å². The van der Waals surface area contributed by atoms with E-state index >= 15 is 0 Å². The molecule has 0 saturated carbocycles. The molecule has 116 valence electrons. The minimum atomic E-state index is -3.79. The van der Waals surface area contributed by atoms with Gasteiger partial charge >= 0.3 is 5.97 Å². The minimum Gasteiger partial charge on any atom is -0.468 e. The van der Waals surface area contributed by atoms with Crippen LogP contribution in [0.3, 0.4) is 0 Å². The Bertz CT molecular complexity index is 611. The third kappa shape index (κ3) is 3.25. The minimum absolute atomic E-state index is 0.0533. The lowest BCUT2D eigenvalue weighted by Gasteiger charge is -2.34. The molecular weight excluding hydrogens is 294 g/mol. The van der Waals surface area contributed by atoms with Gasteiger partial charge in [-0.2, -0.15) is 4.31 Å². The van der Waals surface area contributed by atoms with Gasteiger partial charge in [0.15, 0.2) is 0 Å². The summed E-state index contributed by atoms with van der Waals surface area (Å²) in [7, 11) is -2.58. The highest BCUT2D eigenvalue weighted by molar-refractivity contribution is 7.89. The summed E-state index contributed by atoms with van der Waals surface area (Å²) in [5.74, 6) is -0.649. The molecule has 1 aromatic rings. The molecule has 21 heavy (non-hydrogen) atoms. The van der Waals surface area contributed by atoms with E-state index in [2.05, 4.69) is 4.74 Å². The van der Waals surface area contributed by atoms with Crippen molar-refractivity contribution in [1.82, 2.24) is 4.31 Å². The molecule has 7 heteroatoms. The molecule has 0 aliphatic carbocycles. The van der Waals surface area contributed by atoms with Crippen molar-refractivity contribution in [2.75, 3.05) is 13.7 Å². The maximum absolute atomic E-state index is 12.7. The van der Waals surface area contributed by atoms with Crippen molar-refractivity contribution in [2.45, 2.75) is 36.8 Å². The van der Waals surface area contributed by atoms with Gasteiger partial charge in [-0.3, -0.25) is 4.79 Å². The van der Waals surface area contributed by atoms with Crippen LogP contribution in [0.1, 0.15) is 18.4 Å². The average Bonchev–Trinajstić information content (AvgIpc) is 2.46. The van der Waals surface area contributed by atoms with Gasteiger partial charge in [-0.25, -0.2) is 8.42 Å². The summed E-state index contributed by atoms with van der Waals surface area (Å²) in [6.07, 6.45) is -0.338. The van der Waals surface area contributed by atoms with E-state index in [1.165, 1.54) is 19.2 Å². The van der Waals surface area contributed by atoms with Gasteiger partial charge < -0.3 is 9.84 Å². The summed E-state index contributed by atoms with van der Waals surface area (Å²) in [4.78, 5) is 12.0. The molecule has 1 aromatic carbocycles. The summed E-state index contributed by atoms with van der Waals surface area (Å²) in [5, 5.41) is 9.69. The molecule has 0 radical (unpaired) electrons. The van der Waals surface area contributed by atoms with Gasteiger partial charge in [-0.1, -0.05) is 17.7 Å². The van der Waals surface area contributed by atoms with Gasteiger partial charge in [0.05, 0.1) is 18.1 Å². The summed E-state index contributed by atoms with van der Waals surface area (Å²) >= 11 is 0. The van der Waals surface area contributed by atoms with Crippen LogP contribution in [0.2, 0.25) is 0 Å². The monoisotopic (exact) mass is 313 g/mol. The van der Waals surface area contributed by atoms with Crippen LogP contribution in [0, 0.1) is 6.92 Å². The second kappa shape index (κ2) is 6.13. The van der Waals surface area contributed by atoms with Crippen molar-refractivity contribution in [3.63, 3.8) is 0 Å². The zero-order valence-corrected chi connectivity index (χ0v) is 12.8. The lowest BCUT2D eigenvalue weighted by atomic mass is 10.0. The molecule has 1 fully saturated rings. The van der Waals surface area contributed by atoms with Crippen molar-refractivity contribution in [2.24, 2.45) is 0 Å². The molecule has 0 bridgehead atoms. The largest absolute Gasteiger partial charge is 0.468 e. The number of hydrogen-bond acceptors (Lipinski definition) is 5. The maximum atomic E-state index is 12.7. The van der Waals surface area contributed by atoms with Crippen LogP contribution in [0.5, 0.6) is 0 Å². The van der Waals surface area contributed by atoms with E-state index < -0.39 is 28.1 Å². The van der Waals surface area contributed by atoms with Crippen LogP contribution in [0.15, 0.2) is 29.2 Å². The van der Waals surface area contributed by atoms with Crippen molar-refractivity contribution in [3.05, 3.63) is 29.8 Å². The zero-order chi connectivity index (χ0) is 15.6. The van der Waals surface area contributed by atoms with E-state index in [4.69, 9.17) is 0 Å². The third-order valence-corrected chi connectivity index (χ3v) is 5.55. The topological polar surface area (TPSA) is 83.9 Å². The van der Waals surface area contributed by atoms with Gasteiger partial charge in [-0.15, -0.1) is 0 Å². The van der Waals surface area contributed by atoms with Crippen LogP contribution in [-0.2, 0) is 19.6 Å². The molecule has 1 saturated heterocycles. The Morgan fingerprint density at radius 1 is 1.33 bits per heavy atom. The molecule has 1 N–H and O–H groups in total. The van der Waals surface area contributed by atoms with Gasteiger partial charge in [0.25, 0.3) is 0 Å². The fourth-order valence-corrected chi connectivity index (χ4v) is 4.01. The molecule has 0 spiro atoms. The normalized spacial score (nSPS) is 23.8. The SMILES string of the molecule is COC(=O)[C@H]1C[C@H](O)CCN1S(=O)(=O)c1ccc(C)cc1. The number of aliphatic hydroxyl groups excluding tert-OH is 1. The van der Waals surface area contributed by atoms with Crippen LogP contribution in [-0.4, -0.2) is 49.6 Å². The number of nitrogens with zero attached hydrogens (tertiary/aromatic N) is 1. The van der Waals surface area contributed by atoms with E-state index in [1.807, 2.05) is 6.92 Å². The Morgan fingerprint density at radius 3 is 2.52 bits per heavy atom. The standard InChI is InChI=1S/C14H19NO5S/c1-10-3-5-12(6-4-10)21(18,19)15-8-7-11(16)9-13(15)14(17)20-2/h3-6,11,13,16H,7-9H2,1-2H3/t11-,13-/m1/s1. The highest BCUT2D eigenvalue weighted by Gasteiger charge is 2.40. The van der Waals surface area contributed by atoms with Gasteiger partial charge in [0, 0.05) is 13.0 Å². The van der Waals surface area contributed by atoms with Crippen LogP contribution >= 0.6 is 0 Å². The number of esters is 1. The molecule has 1 heterocycles. The number of ether oxygens (including phenoxy) is 1. The van der Waals surface area contributed by atoms with Gasteiger partial charge in [0.2, 0.25) is 10.0 Å². The predicted molar refractivity (Wildman–Crippen MR) is 76.1 cm³/mol. The molecule has 2 rings (SSSR count). The second-order valence-corrected chi connectivity index (χ2v) is 7.04. The second-order valence-electron chi connectivity index (χ2n) is 5.15. The Labute approximate surface area is 124 Å². The van der Waals surface area contributed by atoms with Crippen molar-refractivity contribution in [3.8, 4) is 0 Å². The lowest BCUT2D eigenvalue weighted by molar-refractivity contribution is -0.147. The Morgan fingerprint density at radius 2 is 1.95 bits per heavy atom. The summed E-state index contributed by atoms with van der Waals surface area (Å²) in [6, 6.07) is 5.47. The van der Waals surface area contributed by atoms with Gasteiger partial charge in [0.1, 0.15) is 6.04 Å². The molecule has 0 amide bonds. The number of rotatable bonds is 3. The molecule has 1 aliphatic heterocycles. The molecule has 0 aromatic heterocycles. The quantitative estimate of drug-likeness (QED) is 0.830. The van der Waals surface area contributed by atoms with Crippen LogP contribution in [0.4, 0.5) is 0 Å². The number of sulfonamides is 1. The first-order valence-corrected chi connectivity index (χ1v) is 8.14. The smallest absolute Gasteiger partial charge is 0.324 e. The average molecular weight is 313 g/mol. The number of hydrogen-bond donors (Lipinski definition) is 1. The molecule has 6 nitrogen and oxygen atoms in total. The summed E-state index contributed by atoms with van der Waals surface area (Å²) in [6.45, 7) is 1.96. The van der Waals surface area contributed by atoms with E-state index in [1.54, 1.807) is 12.1 Å². The summed E-state index contributed by atoms with van der Waals surface area (Å²) < 4.78 is 31.1. The number of aryl methyl sites for hydroxylation is 1. The molecule has 2 atom stereocenters. The first kappa shape index (κ1) is 15.9. The Kier molecular flexibility index (Phi) is 4.65. The van der Waals surface area contributed by atoms with Crippen molar-refractivity contribution in [1.29, 1.82) is 0 Å². The first-order valence-electron chi connectivity index (χ1n) is 6.70. The van der Waals surface area contributed by atoms with E-state index in [-0.39, 0.29) is 17.9 Å². The number of carbonyl (C=O) groups excluding carboxylic acids is 1. The van der Waals surface area contributed by atoms with E-state index in [0.29, 0.717) is 6.42 Å². The fraction of sp³-hybridized carbons (Fsp3) is 0.500. The number of piperidine rings is 1. The molecule has 0 unspecified atom stereocenters. The molecule has 1 aliphatic rings. The number of benzene rings is 1. The van der Waals surface area contributed by atoms with Crippen molar-refractivity contribution >= 4 is 16.0 Å². The van der Waals surface area contributed by atoms with Crippen LogP contribution < -0.4 is 0 Å². The zero-order valence-electron chi connectivity index (χ0n) is 12.0. The highest BCUT2D eigenvalue weighted by Crippen LogP contribution is 2.26.